The van der Waals surface area contributed by atoms with Crippen molar-refractivity contribution in [3.05, 3.63) is 66.1 Å². The van der Waals surface area contributed by atoms with Crippen LogP contribution < -0.4 is 10.1 Å². The Kier molecular flexibility index (Phi) is 6.36. The molecule has 1 aliphatic heterocycles. The average molecular weight is 499 g/mol. The van der Waals surface area contributed by atoms with Crippen LogP contribution in [0.3, 0.4) is 0 Å². The van der Waals surface area contributed by atoms with Crippen molar-refractivity contribution < 1.29 is 9.13 Å². The number of aromatic amines is 2. The predicted molar refractivity (Wildman–Crippen MR) is 145 cm³/mol. The van der Waals surface area contributed by atoms with E-state index in [9.17, 15) is 4.39 Å². The standard InChI is InChI=1S/C29H31FN6O/c1-36(2)12-13-37-21-15-19(14-20(30)16-21)22-4-3-5-25-23(22)17-27(32-25)29-28-26(34-35-29)7-6-24(33-28)18-8-10-31-11-9-18/h3-7,14-18,31-32H,8-13H2,1-2H3,(H,34,35). The highest BCUT2D eigenvalue weighted by molar-refractivity contribution is 6.00. The van der Waals surface area contributed by atoms with Crippen LogP contribution in [0.25, 0.3) is 44.5 Å². The number of fused-ring (bicyclic) bond motifs is 2. The predicted octanol–water partition coefficient (Wildman–Crippen LogP) is 5.32. The van der Waals surface area contributed by atoms with Crippen LogP contribution in [0.5, 0.6) is 5.75 Å². The van der Waals surface area contributed by atoms with Crippen LogP contribution in [0.1, 0.15) is 24.5 Å². The number of hydrogen-bond donors (Lipinski definition) is 3. The van der Waals surface area contributed by atoms with Gasteiger partial charge in [-0.15, -0.1) is 0 Å². The molecule has 1 aliphatic rings. The van der Waals surface area contributed by atoms with Crippen LogP contribution >= 0.6 is 0 Å². The number of hydrogen-bond acceptors (Lipinski definition) is 5. The largest absolute Gasteiger partial charge is 0.492 e. The Balaban J connectivity index is 1.37. The van der Waals surface area contributed by atoms with Crippen molar-refractivity contribution >= 4 is 21.9 Å². The number of ether oxygens (including phenoxy) is 1. The summed E-state index contributed by atoms with van der Waals surface area (Å²) >= 11 is 0. The molecule has 0 spiro atoms. The van der Waals surface area contributed by atoms with Crippen LogP contribution in [0.2, 0.25) is 0 Å². The Morgan fingerprint density at radius 3 is 2.73 bits per heavy atom. The molecule has 0 aliphatic carbocycles. The third-order valence-corrected chi connectivity index (χ3v) is 7.10. The maximum atomic E-state index is 14.6. The maximum absolute atomic E-state index is 14.6. The summed E-state index contributed by atoms with van der Waals surface area (Å²) in [5, 5.41) is 12.2. The fourth-order valence-corrected chi connectivity index (χ4v) is 5.13. The number of nitrogens with one attached hydrogen (secondary N) is 3. The smallest absolute Gasteiger partial charge is 0.135 e. The zero-order valence-corrected chi connectivity index (χ0v) is 21.1. The summed E-state index contributed by atoms with van der Waals surface area (Å²) in [7, 11) is 3.97. The first-order valence-electron chi connectivity index (χ1n) is 12.8. The van der Waals surface area contributed by atoms with Gasteiger partial charge in [0, 0.05) is 35.1 Å². The van der Waals surface area contributed by atoms with Crippen molar-refractivity contribution in [1.29, 1.82) is 0 Å². The molecule has 5 aromatic rings. The summed E-state index contributed by atoms with van der Waals surface area (Å²) in [4.78, 5) is 10.6. The summed E-state index contributed by atoms with van der Waals surface area (Å²) in [5.41, 5.74) is 7.23. The van der Waals surface area contributed by atoms with E-state index in [1.807, 2.05) is 43.3 Å². The van der Waals surface area contributed by atoms with Crippen molar-refractivity contribution in [3.63, 3.8) is 0 Å². The number of H-pyrrole nitrogens is 2. The summed E-state index contributed by atoms with van der Waals surface area (Å²) < 4.78 is 20.4. The van der Waals surface area contributed by atoms with Crippen LogP contribution in [0.4, 0.5) is 4.39 Å². The third-order valence-electron chi connectivity index (χ3n) is 7.10. The average Bonchev–Trinajstić information content (AvgIpc) is 3.52. The minimum absolute atomic E-state index is 0.321. The molecule has 0 amide bonds. The zero-order chi connectivity index (χ0) is 25.4. The minimum Gasteiger partial charge on any atom is -0.492 e. The molecule has 1 fully saturated rings. The molecule has 0 radical (unpaired) electrons. The number of pyridine rings is 1. The summed E-state index contributed by atoms with van der Waals surface area (Å²) in [6.07, 6.45) is 2.19. The van der Waals surface area contributed by atoms with E-state index in [4.69, 9.17) is 9.72 Å². The molecule has 37 heavy (non-hydrogen) atoms. The first kappa shape index (κ1) is 23.6. The number of aromatic nitrogens is 4. The molecule has 3 aromatic heterocycles. The monoisotopic (exact) mass is 498 g/mol. The van der Waals surface area contributed by atoms with E-state index in [2.05, 4.69) is 38.7 Å². The lowest BCUT2D eigenvalue weighted by Crippen LogP contribution is -2.27. The highest BCUT2D eigenvalue weighted by atomic mass is 19.1. The van der Waals surface area contributed by atoms with Gasteiger partial charge in [0.25, 0.3) is 0 Å². The number of benzene rings is 2. The summed E-state index contributed by atoms with van der Waals surface area (Å²) in [5.74, 6) is 0.667. The molecular weight excluding hydrogens is 467 g/mol. The van der Waals surface area contributed by atoms with Gasteiger partial charge in [0.2, 0.25) is 0 Å². The number of likely N-dealkylation sites (N-methyl/N-ethyl adjacent to an activating group) is 1. The fourth-order valence-electron chi connectivity index (χ4n) is 5.13. The molecule has 6 rings (SSSR count). The Bertz CT molecular complexity index is 1550. The lowest BCUT2D eigenvalue weighted by atomic mass is 9.94. The van der Waals surface area contributed by atoms with Gasteiger partial charge in [-0.3, -0.25) is 5.10 Å². The second-order valence-electron chi connectivity index (χ2n) is 10.0. The molecule has 190 valence electrons. The van der Waals surface area contributed by atoms with E-state index < -0.39 is 0 Å². The summed E-state index contributed by atoms with van der Waals surface area (Å²) in [6, 6.07) is 17.2. The number of nitrogens with zero attached hydrogens (tertiary/aromatic N) is 3. The van der Waals surface area contributed by atoms with Gasteiger partial charge < -0.3 is 19.9 Å². The van der Waals surface area contributed by atoms with Gasteiger partial charge >= 0.3 is 0 Å². The number of piperidine rings is 1. The molecule has 1 saturated heterocycles. The van der Waals surface area contributed by atoms with Crippen molar-refractivity contribution in [3.8, 4) is 28.3 Å². The van der Waals surface area contributed by atoms with Crippen LogP contribution in [-0.2, 0) is 0 Å². The van der Waals surface area contributed by atoms with E-state index in [1.54, 1.807) is 6.07 Å². The lowest BCUT2D eigenvalue weighted by molar-refractivity contribution is 0.260. The molecule has 7 nitrogen and oxygen atoms in total. The van der Waals surface area contributed by atoms with E-state index in [0.717, 1.165) is 82.6 Å². The normalized spacial score (nSPS) is 14.7. The topological polar surface area (TPSA) is 81.9 Å². The van der Waals surface area contributed by atoms with E-state index in [-0.39, 0.29) is 5.82 Å². The second-order valence-corrected chi connectivity index (χ2v) is 10.0. The second kappa shape index (κ2) is 9.95. The first-order chi connectivity index (χ1) is 18.0. The van der Waals surface area contributed by atoms with Crippen molar-refractivity contribution in [2.45, 2.75) is 18.8 Å². The third kappa shape index (κ3) is 4.82. The molecular formula is C29H31FN6O. The van der Waals surface area contributed by atoms with E-state index >= 15 is 0 Å². The highest BCUT2D eigenvalue weighted by Crippen LogP contribution is 2.36. The molecule has 0 atom stereocenters. The molecule has 2 aromatic carbocycles. The van der Waals surface area contributed by atoms with E-state index in [0.29, 0.717) is 18.3 Å². The molecule has 0 saturated carbocycles. The van der Waals surface area contributed by atoms with Gasteiger partial charge in [-0.2, -0.15) is 5.10 Å². The van der Waals surface area contributed by atoms with Crippen molar-refractivity contribution in [2.75, 3.05) is 40.3 Å². The van der Waals surface area contributed by atoms with Gasteiger partial charge in [-0.25, -0.2) is 9.37 Å². The van der Waals surface area contributed by atoms with Crippen LogP contribution in [0, 0.1) is 5.82 Å². The summed E-state index contributed by atoms with van der Waals surface area (Å²) in [6.45, 7) is 3.30. The van der Waals surface area contributed by atoms with Gasteiger partial charge in [-0.1, -0.05) is 12.1 Å². The van der Waals surface area contributed by atoms with Gasteiger partial charge in [-0.05, 0) is 87.6 Å². The fraction of sp³-hybridized carbons (Fsp3) is 0.310. The van der Waals surface area contributed by atoms with Crippen molar-refractivity contribution in [1.82, 2.24) is 30.4 Å². The highest BCUT2D eigenvalue weighted by Gasteiger charge is 2.20. The Morgan fingerprint density at radius 1 is 1.03 bits per heavy atom. The van der Waals surface area contributed by atoms with Crippen molar-refractivity contribution in [2.24, 2.45) is 0 Å². The lowest BCUT2D eigenvalue weighted by Gasteiger charge is -2.22. The van der Waals surface area contributed by atoms with Gasteiger partial charge in [0.15, 0.2) is 0 Å². The van der Waals surface area contributed by atoms with Crippen LogP contribution in [0.15, 0.2) is 54.6 Å². The number of halogens is 1. The molecule has 8 heteroatoms. The molecule has 0 bridgehead atoms. The molecule has 0 unspecified atom stereocenters. The molecule has 4 heterocycles. The van der Waals surface area contributed by atoms with Crippen LogP contribution in [-0.4, -0.2) is 65.4 Å². The number of rotatable bonds is 7. The van der Waals surface area contributed by atoms with Gasteiger partial charge in [0.1, 0.15) is 29.4 Å². The van der Waals surface area contributed by atoms with Gasteiger partial charge in [0.05, 0.1) is 11.2 Å². The quantitative estimate of drug-likeness (QED) is 0.283. The molecule has 3 N–H and O–H groups in total. The Morgan fingerprint density at radius 2 is 1.89 bits per heavy atom. The SMILES string of the molecule is CN(C)CCOc1cc(F)cc(-c2cccc3[nH]c(-c4n[nH]c5ccc(C6CCNCC6)nc45)cc23)c1. The maximum Gasteiger partial charge on any atom is 0.135 e. The minimum atomic E-state index is -0.321. The van der Waals surface area contributed by atoms with E-state index in [1.165, 1.54) is 6.07 Å². The zero-order valence-electron chi connectivity index (χ0n) is 21.1. The Labute approximate surface area is 215 Å². The first-order valence-corrected chi connectivity index (χ1v) is 12.8. The Hall–Kier alpha value is -3.75.